The Balaban J connectivity index is 5.73. The fourth-order valence-electron chi connectivity index (χ4n) is 4.31. The highest BCUT2D eigenvalue weighted by molar-refractivity contribution is 5.96. The molecule has 17 nitrogen and oxygen atoms in total. The summed E-state index contributed by atoms with van der Waals surface area (Å²) in [5.74, 6) is -6.70. The third-order valence-electron chi connectivity index (χ3n) is 6.89. The monoisotopic (exact) mass is 673 g/mol. The smallest absolute Gasteiger partial charge is 0.326 e. The number of hydrogen-bond acceptors (Lipinski definition) is 10. The van der Waals surface area contributed by atoms with E-state index < -0.39 is 96.4 Å². The second-order valence-corrected chi connectivity index (χ2v) is 13.0. The molecule has 0 rings (SSSR count). The lowest BCUT2D eigenvalue weighted by molar-refractivity contribution is -0.142. The molecule has 0 saturated carbocycles. The molecular weight excluding hydrogens is 618 g/mol. The van der Waals surface area contributed by atoms with Gasteiger partial charge in [0.15, 0.2) is 0 Å². The Morgan fingerprint density at radius 1 is 0.553 bits per heavy atom. The van der Waals surface area contributed by atoms with Crippen LogP contribution in [-0.2, 0) is 33.6 Å². The van der Waals surface area contributed by atoms with Gasteiger partial charge in [0.1, 0.15) is 30.2 Å². The van der Waals surface area contributed by atoms with E-state index in [2.05, 4.69) is 31.9 Å². The first-order valence-corrected chi connectivity index (χ1v) is 15.7. The molecule has 0 aliphatic heterocycles. The molecule has 0 saturated heterocycles. The number of aliphatic carboxylic acids is 1. The van der Waals surface area contributed by atoms with E-state index in [1.54, 1.807) is 41.5 Å². The topological polar surface area (TPSA) is 278 Å². The van der Waals surface area contributed by atoms with E-state index in [-0.39, 0.29) is 30.6 Å². The van der Waals surface area contributed by atoms with Crippen LogP contribution in [0.5, 0.6) is 0 Å². The fourth-order valence-corrected chi connectivity index (χ4v) is 4.31. The predicted octanol–water partition coefficient (Wildman–Crippen LogP) is -2.53. The van der Waals surface area contributed by atoms with Crippen molar-refractivity contribution >= 4 is 41.4 Å². The maximum absolute atomic E-state index is 13.4. The van der Waals surface area contributed by atoms with Gasteiger partial charge in [0.25, 0.3) is 0 Å². The summed E-state index contributed by atoms with van der Waals surface area (Å²) < 4.78 is 0. The molecule has 0 aliphatic rings. The first kappa shape index (κ1) is 43.2. The summed E-state index contributed by atoms with van der Waals surface area (Å²) >= 11 is 0. The van der Waals surface area contributed by atoms with E-state index in [9.17, 15) is 48.9 Å². The van der Waals surface area contributed by atoms with E-state index >= 15 is 0 Å². The van der Waals surface area contributed by atoms with Gasteiger partial charge >= 0.3 is 5.97 Å². The summed E-state index contributed by atoms with van der Waals surface area (Å²) in [6, 6.07) is -7.55. The highest BCUT2D eigenvalue weighted by Crippen LogP contribution is 2.10. The Hall–Kier alpha value is -3.83. The number of carboxylic acids is 1. The van der Waals surface area contributed by atoms with Gasteiger partial charge in [-0.25, -0.2) is 4.79 Å². The van der Waals surface area contributed by atoms with Crippen molar-refractivity contribution in [2.45, 2.75) is 124 Å². The quantitative estimate of drug-likeness (QED) is 0.0643. The lowest BCUT2D eigenvalue weighted by atomic mass is 9.99. The molecule has 270 valence electrons. The standard InChI is InChI=1S/C30H55N7O10/c1-13(2)10-19(34-28(44)22(15(5)6)35-25(41)16(7)31)26(42)36-24(18(9)39)29(45)37-23(17(8)38)27(43)32-12-21(40)33-20(30(46)47)11-14(3)4/h13-20,22-24,38-39H,10-12,31H2,1-9H3,(H,32,43)(H,33,40)(H,34,44)(H,35,41)(H,36,42)(H,37,45)(H,46,47)/t16-,17+,18+,19-,20-,22-,23-,24-/m0/s1. The average molecular weight is 674 g/mol. The van der Waals surface area contributed by atoms with E-state index in [0.29, 0.717) is 0 Å². The van der Waals surface area contributed by atoms with Crippen LogP contribution in [0, 0.1) is 17.8 Å². The molecule has 0 aromatic heterocycles. The summed E-state index contributed by atoms with van der Waals surface area (Å²) in [6.07, 6.45) is -2.72. The van der Waals surface area contributed by atoms with Crippen molar-refractivity contribution < 1.29 is 48.9 Å². The van der Waals surface area contributed by atoms with Crippen LogP contribution < -0.4 is 37.6 Å². The molecule has 6 amide bonds. The molecule has 0 bridgehead atoms. The number of nitrogens with one attached hydrogen (secondary N) is 6. The second kappa shape index (κ2) is 20.4. The van der Waals surface area contributed by atoms with Gasteiger partial charge in [0.2, 0.25) is 35.4 Å². The molecule has 0 aliphatic carbocycles. The Kier molecular flexibility index (Phi) is 18.8. The zero-order chi connectivity index (χ0) is 36.8. The predicted molar refractivity (Wildman–Crippen MR) is 171 cm³/mol. The van der Waals surface area contributed by atoms with Gasteiger partial charge in [-0.05, 0) is 51.4 Å². The van der Waals surface area contributed by atoms with Crippen LogP contribution in [0.2, 0.25) is 0 Å². The highest BCUT2D eigenvalue weighted by atomic mass is 16.4. The van der Waals surface area contributed by atoms with Crippen molar-refractivity contribution in [2.24, 2.45) is 23.5 Å². The maximum Gasteiger partial charge on any atom is 0.326 e. The van der Waals surface area contributed by atoms with Crippen LogP contribution in [0.3, 0.4) is 0 Å². The van der Waals surface area contributed by atoms with Crippen molar-refractivity contribution in [3.05, 3.63) is 0 Å². The molecular formula is C30H55N7O10. The first-order chi connectivity index (χ1) is 21.6. The number of carbonyl (C=O) groups excluding carboxylic acids is 6. The molecule has 0 fully saturated rings. The van der Waals surface area contributed by atoms with Crippen molar-refractivity contribution in [3.63, 3.8) is 0 Å². The van der Waals surface area contributed by atoms with Crippen LogP contribution in [0.4, 0.5) is 0 Å². The highest BCUT2D eigenvalue weighted by Gasteiger charge is 2.35. The summed E-state index contributed by atoms with van der Waals surface area (Å²) in [5, 5.41) is 44.2. The number of nitrogens with two attached hydrogens (primary N) is 1. The molecule has 0 heterocycles. The maximum atomic E-state index is 13.4. The number of hydrogen-bond donors (Lipinski definition) is 10. The summed E-state index contributed by atoms with van der Waals surface area (Å²) in [5.41, 5.74) is 5.61. The molecule has 0 aromatic rings. The summed E-state index contributed by atoms with van der Waals surface area (Å²) in [7, 11) is 0. The van der Waals surface area contributed by atoms with Gasteiger partial charge in [-0.1, -0.05) is 41.5 Å². The number of carboxylic acid groups (broad SMARTS) is 1. The number of aliphatic hydroxyl groups is 2. The molecule has 11 N–H and O–H groups in total. The van der Waals surface area contributed by atoms with Crippen molar-refractivity contribution in [3.8, 4) is 0 Å². The zero-order valence-corrected chi connectivity index (χ0v) is 28.7. The Labute approximate surface area is 275 Å². The van der Waals surface area contributed by atoms with E-state index in [1.807, 2.05) is 0 Å². The van der Waals surface area contributed by atoms with Crippen molar-refractivity contribution in [1.29, 1.82) is 0 Å². The van der Waals surface area contributed by atoms with Gasteiger partial charge in [-0.2, -0.15) is 0 Å². The Bertz CT molecular complexity index is 1090. The minimum Gasteiger partial charge on any atom is -0.480 e. The number of aliphatic hydroxyl groups excluding tert-OH is 2. The SMILES string of the molecule is CC(C)C[C@H](NC(=O)CNC(=O)[C@@H](NC(=O)[C@@H](NC(=O)[C@H](CC(C)C)NC(=O)[C@@H](NC(=O)[C@H](C)N)C(C)C)[C@@H](C)O)[C@@H](C)O)C(=O)O. The van der Waals surface area contributed by atoms with Crippen LogP contribution in [-0.4, -0.2) is 112 Å². The average Bonchev–Trinajstić information content (AvgIpc) is 2.93. The molecule has 0 aromatic carbocycles. The molecule has 17 heteroatoms. The molecule has 8 atom stereocenters. The van der Waals surface area contributed by atoms with Crippen molar-refractivity contribution in [1.82, 2.24) is 31.9 Å². The van der Waals surface area contributed by atoms with Crippen LogP contribution >= 0.6 is 0 Å². The minimum absolute atomic E-state index is 0.0370. The normalized spacial score (nSPS) is 16.5. The van der Waals surface area contributed by atoms with Gasteiger partial charge in [0, 0.05) is 0 Å². The molecule has 0 radical (unpaired) electrons. The number of carbonyl (C=O) groups is 7. The van der Waals surface area contributed by atoms with Crippen LogP contribution in [0.15, 0.2) is 0 Å². The molecule has 0 spiro atoms. The van der Waals surface area contributed by atoms with Gasteiger partial charge in [-0.15, -0.1) is 0 Å². The minimum atomic E-state index is -1.64. The van der Waals surface area contributed by atoms with E-state index in [1.165, 1.54) is 20.8 Å². The third kappa shape index (κ3) is 16.0. The Morgan fingerprint density at radius 2 is 0.979 bits per heavy atom. The lowest BCUT2D eigenvalue weighted by Crippen LogP contribution is -2.62. The summed E-state index contributed by atoms with van der Waals surface area (Å²) in [4.78, 5) is 88.3. The number of amides is 6. The van der Waals surface area contributed by atoms with Gasteiger partial charge in [0.05, 0.1) is 24.8 Å². The summed E-state index contributed by atoms with van der Waals surface area (Å²) in [6.45, 7) is 13.7. The van der Waals surface area contributed by atoms with Gasteiger partial charge < -0.3 is 53.0 Å². The van der Waals surface area contributed by atoms with Gasteiger partial charge in [-0.3, -0.25) is 28.8 Å². The zero-order valence-electron chi connectivity index (χ0n) is 28.7. The van der Waals surface area contributed by atoms with Crippen molar-refractivity contribution in [2.75, 3.05) is 6.54 Å². The van der Waals surface area contributed by atoms with Crippen LogP contribution in [0.25, 0.3) is 0 Å². The van der Waals surface area contributed by atoms with E-state index in [4.69, 9.17) is 5.73 Å². The largest absolute Gasteiger partial charge is 0.480 e. The Morgan fingerprint density at radius 3 is 1.40 bits per heavy atom. The number of rotatable bonds is 20. The first-order valence-electron chi connectivity index (χ1n) is 15.7. The molecule has 47 heavy (non-hydrogen) atoms. The molecule has 0 unspecified atom stereocenters. The van der Waals surface area contributed by atoms with E-state index in [0.717, 1.165) is 0 Å². The lowest BCUT2D eigenvalue weighted by Gasteiger charge is -2.29. The third-order valence-corrected chi connectivity index (χ3v) is 6.89. The fraction of sp³-hybridized carbons (Fsp3) is 0.767. The van der Waals surface area contributed by atoms with Crippen LogP contribution in [0.1, 0.15) is 75.2 Å². The second-order valence-electron chi connectivity index (χ2n) is 13.0.